The van der Waals surface area contributed by atoms with Gasteiger partial charge >= 0.3 is 0 Å². The van der Waals surface area contributed by atoms with Crippen LogP contribution in [0.2, 0.25) is 0 Å². The highest BCUT2D eigenvalue weighted by molar-refractivity contribution is 6.11. The number of halogens is 1. The van der Waals surface area contributed by atoms with Crippen molar-refractivity contribution in [3.63, 3.8) is 0 Å². The molecule has 0 atom stereocenters. The van der Waals surface area contributed by atoms with Crippen LogP contribution in [0.5, 0.6) is 0 Å². The number of hydrogen-bond acceptors (Lipinski definition) is 5. The molecule has 1 aliphatic rings. The summed E-state index contributed by atoms with van der Waals surface area (Å²) < 4.78 is 24.7. The van der Waals surface area contributed by atoms with Gasteiger partial charge in [0.2, 0.25) is 11.7 Å². The summed E-state index contributed by atoms with van der Waals surface area (Å²) in [5.41, 5.74) is 1.38. The van der Waals surface area contributed by atoms with Crippen molar-refractivity contribution < 1.29 is 23.1 Å². The van der Waals surface area contributed by atoms with Crippen molar-refractivity contribution in [2.75, 3.05) is 50.1 Å². The Bertz CT molecular complexity index is 1070. The minimum Gasteiger partial charge on any atom is -0.449 e. The lowest BCUT2D eigenvalue weighted by atomic mass is 10.2. The number of piperazine rings is 1. The van der Waals surface area contributed by atoms with Crippen LogP contribution in [-0.4, -0.2) is 56.6 Å². The molecule has 2 heterocycles. The van der Waals surface area contributed by atoms with Crippen molar-refractivity contribution >= 4 is 34.2 Å². The molecule has 1 fully saturated rings. The molecule has 156 valence electrons. The Morgan fingerprint density at radius 2 is 1.77 bits per heavy atom. The van der Waals surface area contributed by atoms with Crippen LogP contribution in [0.4, 0.5) is 15.8 Å². The second kappa shape index (κ2) is 8.54. The molecule has 1 aliphatic heterocycles. The van der Waals surface area contributed by atoms with Gasteiger partial charge in [-0.3, -0.25) is 9.59 Å². The van der Waals surface area contributed by atoms with Crippen LogP contribution < -0.4 is 10.2 Å². The maximum absolute atomic E-state index is 14.1. The normalized spacial score (nSPS) is 14.2. The third-order valence-corrected chi connectivity index (χ3v) is 5.09. The first-order valence-corrected chi connectivity index (χ1v) is 9.67. The molecule has 0 bridgehead atoms. The Morgan fingerprint density at radius 3 is 2.50 bits per heavy atom. The van der Waals surface area contributed by atoms with E-state index in [9.17, 15) is 14.0 Å². The van der Waals surface area contributed by atoms with Crippen molar-refractivity contribution in [2.45, 2.75) is 0 Å². The Balaban J connectivity index is 1.55. The predicted molar refractivity (Wildman–Crippen MR) is 111 cm³/mol. The lowest BCUT2D eigenvalue weighted by Crippen LogP contribution is -2.49. The molecule has 8 heteroatoms. The van der Waals surface area contributed by atoms with Crippen molar-refractivity contribution in [2.24, 2.45) is 0 Å². The monoisotopic (exact) mass is 411 g/mol. The largest absolute Gasteiger partial charge is 0.449 e. The number of furan rings is 1. The quantitative estimate of drug-likeness (QED) is 0.698. The van der Waals surface area contributed by atoms with Gasteiger partial charge < -0.3 is 24.3 Å². The maximum Gasteiger partial charge on any atom is 0.291 e. The van der Waals surface area contributed by atoms with Crippen LogP contribution in [0, 0.1) is 5.82 Å². The van der Waals surface area contributed by atoms with E-state index in [0.29, 0.717) is 48.5 Å². The molecule has 1 saturated heterocycles. The fourth-order valence-electron chi connectivity index (χ4n) is 3.63. The van der Waals surface area contributed by atoms with E-state index in [4.69, 9.17) is 9.15 Å². The molecule has 0 saturated carbocycles. The summed E-state index contributed by atoms with van der Waals surface area (Å²) in [7, 11) is 1.42. The highest BCUT2D eigenvalue weighted by Crippen LogP contribution is 2.32. The number of benzene rings is 2. The van der Waals surface area contributed by atoms with E-state index in [1.807, 2.05) is 11.0 Å². The summed E-state index contributed by atoms with van der Waals surface area (Å²) in [6, 6.07) is 13.7. The molecule has 1 N–H and O–H groups in total. The van der Waals surface area contributed by atoms with Crippen LogP contribution in [0.15, 0.2) is 52.9 Å². The first-order chi connectivity index (χ1) is 14.6. The van der Waals surface area contributed by atoms with E-state index >= 15 is 0 Å². The van der Waals surface area contributed by atoms with Crippen molar-refractivity contribution in [1.82, 2.24) is 4.90 Å². The summed E-state index contributed by atoms with van der Waals surface area (Å²) in [6.07, 6.45) is 0. The zero-order chi connectivity index (χ0) is 21.1. The van der Waals surface area contributed by atoms with Crippen LogP contribution in [-0.2, 0) is 9.53 Å². The van der Waals surface area contributed by atoms with Gasteiger partial charge in [0.1, 0.15) is 23.7 Å². The van der Waals surface area contributed by atoms with Crippen LogP contribution in [0.25, 0.3) is 11.0 Å². The van der Waals surface area contributed by atoms with Gasteiger partial charge in [0.15, 0.2) is 0 Å². The number of rotatable bonds is 5. The minimum absolute atomic E-state index is 0.0833. The number of carbonyl (C=O) groups excluding carboxylic acids is 2. The van der Waals surface area contributed by atoms with E-state index in [2.05, 4.69) is 5.32 Å². The fourth-order valence-corrected chi connectivity index (χ4v) is 3.63. The SMILES string of the molecule is COCC(=O)Nc1c(C(=O)N2CCN(c3ccccc3F)CC2)oc2ccccc12. The van der Waals surface area contributed by atoms with Crippen molar-refractivity contribution in [3.05, 3.63) is 60.1 Å². The Labute approximate surface area is 173 Å². The van der Waals surface area contributed by atoms with Crippen LogP contribution >= 0.6 is 0 Å². The molecule has 0 aliphatic carbocycles. The number of hydrogen-bond donors (Lipinski definition) is 1. The standard InChI is InChI=1S/C22H22FN3O4/c1-29-14-19(27)24-20-15-6-2-5-9-18(15)30-21(20)22(28)26-12-10-25(11-13-26)17-8-4-3-7-16(17)23/h2-9H,10-14H2,1H3,(H,24,27). The van der Waals surface area contributed by atoms with E-state index < -0.39 is 0 Å². The zero-order valence-electron chi connectivity index (χ0n) is 16.6. The van der Waals surface area contributed by atoms with Gasteiger partial charge in [0, 0.05) is 38.7 Å². The van der Waals surface area contributed by atoms with E-state index in [1.165, 1.54) is 13.2 Å². The molecule has 0 unspecified atom stereocenters. The highest BCUT2D eigenvalue weighted by atomic mass is 19.1. The lowest BCUT2D eigenvalue weighted by molar-refractivity contribution is -0.119. The van der Waals surface area contributed by atoms with Gasteiger partial charge in [-0.05, 0) is 24.3 Å². The number of anilines is 2. The van der Waals surface area contributed by atoms with Gasteiger partial charge in [-0.25, -0.2) is 4.39 Å². The number of methoxy groups -OCH3 is 1. The van der Waals surface area contributed by atoms with Gasteiger partial charge in [-0.15, -0.1) is 0 Å². The summed E-state index contributed by atoms with van der Waals surface area (Å²) in [6.45, 7) is 1.69. The molecule has 1 aromatic heterocycles. The number of nitrogens with zero attached hydrogens (tertiary/aromatic N) is 2. The van der Waals surface area contributed by atoms with Crippen LogP contribution in [0.1, 0.15) is 10.6 Å². The summed E-state index contributed by atoms with van der Waals surface area (Å²) in [5, 5.41) is 3.38. The second-order valence-electron chi connectivity index (χ2n) is 7.01. The first-order valence-electron chi connectivity index (χ1n) is 9.67. The molecule has 2 aromatic carbocycles. The smallest absolute Gasteiger partial charge is 0.291 e. The third-order valence-electron chi connectivity index (χ3n) is 5.09. The fraction of sp³-hybridized carbons (Fsp3) is 0.273. The van der Waals surface area contributed by atoms with Gasteiger partial charge in [0.05, 0.1) is 5.69 Å². The summed E-state index contributed by atoms with van der Waals surface area (Å²) in [5.74, 6) is -0.882. The van der Waals surface area contributed by atoms with Gasteiger partial charge in [-0.1, -0.05) is 24.3 Å². The molecule has 3 aromatic rings. The Morgan fingerprint density at radius 1 is 1.07 bits per heavy atom. The average Bonchev–Trinajstić information content (AvgIpc) is 3.12. The zero-order valence-corrected chi connectivity index (χ0v) is 16.6. The number of ether oxygens (including phenoxy) is 1. The predicted octanol–water partition coefficient (Wildman–Crippen LogP) is 3.12. The number of para-hydroxylation sites is 2. The van der Waals surface area contributed by atoms with E-state index in [1.54, 1.807) is 41.3 Å². The average molecular weight is 411 g/mol. The topological polar surface area (TPSA) is 75.0 Å². The van der Waals surface area contributed by atoms with Crippen molar-refractivity contribution in [1.29, 1.82) is 0 Å². The van der Waals surface area contributed by atoms with Crippen LogP contribution in [0.3, 0.4) is 0 Å². The molecule has 0 spiro atoms. The molecule has 0 radical (unpaired) electrons. The molecular weight excluding hydrogens is 389 g/mol. The number of amides is 2. The summed E-state index contributed by atoms with van der Waals surface area (Å²) in [4.78, 5) is 28.9. The molecule has 30 heavy (non-hydrogen) atoms. The third kappa shape index (κ3) is 3.86. The number of nitrogens with one attached hydrogen (secondary N) is 1. The molecule has 4 rings (SSSR count). The van der Waals surface area contributed by atoms with Crippen molar-refractivity contribution in [3.8, 4) is 0 Å². The maximum atomic E-state index is 14.1. The number of fused-ring (bicyclic) bond motifs is 1. The number of carbonyl (C=O) groups is 2. The Hall–Kier alpha value is -3.39. The Kier molecular flexibility index (Phi) is 5.67. The van der Waals surface area contributed by atoms with Gasteiger partial charge in [0.25, 0.3) is 5.91 Å². The van der Waals surface area contributed by atoms with Gasteiger partial charge in [-0.2, -0.15) is 0 Å². The minimum atomic E-state index is -0.373. The van der Waals surface area contributed by atoms with E-state index in [-0.39, 0.29) is 30.0 Å². The van der Waals surface area contributed by atoms with E-state index in [0.717, 1.165) is 0 Å². The second-order valence-corrected chi connectivity index (χ2v) is 7.01. The molecular formula is C22H22FN3O4. The first kappa shape index (κ1) is 19.9. The lowest BCUT2D eigenvalue weighted by Gasteiger charge is -2.35. The highest BCUT2D eigenvalue weighted by Gasteiger charge is 2.29. The molecule has 2 amide bonds. The summed E-state index contributed by atoms with van der Waals surface area (Å²) >= 11 is 0. The molecule has 7 nitrogen and oxygen atoms in total.